The lowest BCUT2D eigenvalue weighted by Crippen LogP contribution is -2.44. The summed E-state index contributed by atoms with van der Waals surface area (Å²) in [7, 11) is 0. The number of alkyl halides is 2. The zero-order valence-corrected chi connectivity index (χ0v) is 7.22. The van der Waals surface area contributed by atoms with Crippen molar-refractivity contribution in [1.29, 1.82) is 0 Å². The van der Waals surface area contributed by atoms with Crippen molar-refractivity contribution in [2.24, 2.45) is 0 Å². The Kier molecular flexibility index (Phi) is 3.00. The monoisotopic (exact) mass is 208 g/mol. The van der Waals surface area contributed by atoms with Crippen molar-refractivity contribution >= 4 is 11.9 Å². The lowest BCUT2D eigenvalue weighted by Gasteiger charge is -2.15. The van der Waals surface area contributed by atoms with Gasteiger partial charge in [-0.2, -0.15) is 8.78 Å². The third kappa shape index (κ3) is 2.63. The molecule has 1 heterocycles. The number of nitrogens with one attached hydrogen (secondary N) is 2. The molecule has 5 nitrogen and oxygen atoms in total. The number of halogens is 2. The first-order valence-electron chi connectivity index (χ1n) is 4.03. The van der Waals surface area contributed by atoms with Crippen molar-refractivity contribution in [2.45, 2.75) is 18.4 Å². The zero-order chi connectivity index (χ0) is 10.8. The summed E-state index contributed by atoms with van der Waals surface area (Å²) in [5, 5.41) is 12.9. The number of amides is 1. The second kappa shape index (κ2) is 3.87. The van der Waals surface area contributed by atoms with E-state index in [-0.39, 0.29) is 18.9 Å². The van der Waals surface area contributed by atoms with E-state index in [2.05, 4.69) is 10.6 Å². The molecular formula is C7H10F2N2O3. The molecule has 1 unspecified atom stereocenters. The van der Waals surface area contributed by atoms with Gasteiger partial charge in [0.15, 0.2) is 0 Å². The molecule has 0 radical (unpaired) electrons. The highest BCUT2D eigenvalue weighted by Crippen LogP contribution is 2.12. The summed E-state index contributed by atoms with van der Waals surface area (Å²) in [5.41, 5.74) is 0. The van der Waals surface area contributed by atoms with Crippen LogP contribution in [-0.2, 0) is 9.59 Å². The Bertz CT molecular complexity index is 257. The standard InChI is InChI=1S/C7H10F2N2O3/c8-7(9,6(13)14)3-11-4-1-5(12)10-2-4/h4,11H,1-3H2,(H,10,12)(H,13,14). The van der Waals surface area contributed by atoms with Gasteiger partial charge in [-0.05, 0) is 0 Å². The highest BCUT2D eigenvalue weighted by Gasteiger charge is 2.39. The Morgan fingerprint density at radius 3 is 2.79 bits per heavy atom. The van der Waals surface area contributed by atoms with Crippen LogP contribution in [0.4, 0.5) is 8.78 Å². The molecule has 1 atom stereocenters. The molecule has 80 valence electrons. The first kappa shape index (κ1) is 10.8. The van der Waals surface area contributed by atoms with Crippen LogP contribution in [0.1, 0.15) is 6.42 Å². The fourth-order valence-corrected chi connectivity index (χ4v) is 1.10. The van der Waals surface area contributed by atoms with E-state index < -0.39 is 24.5 Å². The number of carbonyl (C=O) groups is 2. The molecule has 0 aromatic rings. The van der Waals surface area contributed by atoms with Gasteiger partial charge in [-0.1, -0.05) is 0 Å². The van der Waals surface area contributed by atoms with Crippen molar-refractivity contribution in [2.75, 3.05) is 13.1 Å². The fourth-order valence-electron chi connectivity index (χ4n) is 1.10. The number of hydrogen-bond acceptors (Lipinski definition) is 3. The van der Waals surface area contributed by atoms with Crippen molar-refractivity contribution < 1.29 is 23.5 Å². The summed E-state index contributed by atoms with van der Waals surface area (Å²) >= 11 is 0. The quantitative estimate of drug-likeness (QED) is 0.564. The van der Waals surface area contributed by atoms with Gasteiger partial charge in [-0.15, -0.1) is 0 Å². The molecule has 14 heavy (non-hydrogen) atoms. The van der Waals surface area contributed by atoms with Crippen LogP contribution < -0.4 is 10.6 Å². The molecule has 1 aliphatic heterocycles. The molecule has 0 saturated carbocycles. The van der Waals surface area contributed by atoms with E-state index in [0.29, 0.717) is 0 Å². The van der Waals surface area contributed by atoms with E-state index >= 15 is 0 Å². The second-order valence-corrected chi connectivity index (χ2v) is 3.10. The topological polar surface area (TPSA) is 78.4 Å². The predicted octanol–water partition coefficient (Wildman–Crippen LogP) is -0.816. The third-order valence-electron chi connectivity index (χ3n) is 1.90. The van der Waals surface area contributed by atoms with Crippen LogP contribution in [0.2, 0.25) is 0 Å². The average Bonchev–Trinajstić information content (AvgIpc) is 2.48. The highest BCUT2D eigenvalue weighted by atomic mass is 19.3. The van der Waals surface area contributed by atoms with Crippen molar-refractivity contribution in [1.82, 2.24) is 10.6 Å². The maximum absolute atomic E-state index is 12.5. The van der Waals surface area contributed by atoms with Gasteiger partial charge in [0.2, 0.25) is 5.91 Å². The fraction of sp³-hybridized carbons (Fsp3) is 0.714. The molecule has 7 heteroatoms. The van der Waals surface area contributed by atoms with E-state index in [4.69, 9.17) is 5.11 Å². The van der Waals surface area contributed by atoms with Crippen molar-refractivity contribution in [3.8, 4) is 0 Å². The van der Waals surface area contributed by atoms with Crippen molar-refractivity contribution in [3.63, 3.8) is 0 Å². The van der Waals surface area contributed by atoms with E-state index in [0.717, 1.165) is 0 Å². The molecule has 3 N–H and O–H groups in total. The van der Waals surface area contributed by atoms with Crippen LogP contribution in [0, 0.1) is 0 Å². The molecule has 1 aliphatic rings. The Morgan fingerprint density at radius 1 is 1.71 bits per heavy atom. The number of aliphatic carboxylic acids is 1. The molecule has 1 rings (SSSR count). The normalized spacial score (nSPS) is 22.1. The van der Waals surface area contributed by atoms with Gasteiger partial charge in [0.25, 0.3) is 0 Å². The molecule has 0 aromatic heterocycles. The van der Waals surface area contributed by atoms with Gasteiger partial charge in [-0.3, -0.25) is 4.79 Å². The second-order valence-electron chi connectivity index (χ2n) is 3.10. The highest BCUT2D eigenvalue weighted by molar-refractivity contribution is 5.79. The lowest BCUT2D eigenvalue weighted by molar-refractivity contribution is -0.164. The minimum absolute atomic E-state index is 0.107. The maximum Gasteiger partial charge on any atom is 0.375 e. The minimum Gasteiger partial charge on any atom is -0.477 e. The summed E-state index contributed by atoms with van der Waals surface area (Å²) in [5.74, 6) is -6.17. The van der Waals surface area contributed by atoms with Gasteiger partial charge in [0, 0.05) is 19.0 Å². The van der Waals surface area contributed by atoms with E-state index in [1.54, 1.807) is 0 Å². The lowest BCUT2D eigenvalue weighted by atomic mass is 10.2. The van der Waals surface area contributed by atoms with Gasteiger partial charge < -0.3 is 15.7 Å². The zero-order valence-electron chi connectivity index (χ0n) is 7.22. The Hall–Kier alpha value is -1.24. The predicted molar refractivity (Wildman–Crippen MR) is 42.0 cm³/mol. The summed E-state index contributed by atoms with van der Waals surface area (Å²) in [6.07, 6.45) is 0.107. The first-order chi connectivity index (χ1) is 6.42. The van der Waals surface area contributed by atoms with Gasteiger partial charge in [0.05, 0.1) is 6.54 Å². The van der Waals surface area contributed by atoms with Crippen LogP contribution in [0.25, 0.3) is 0 Å². The maximum atomic E-state index is 12.5. The third-order valence-corrected chi connectivity index (χ3v) is 1.90. The number of hydrogen-bond donors (Lipinski definition) is 3. The molecule has 1 amide bonds. The summed E-state index contributed by atoms with van der Waals surface area (Å²) in [6, 6.07) is -0.410. The average molecular weight is 208 g/mol. The van der Waals surface area contributed by atoms with Crippen LogP contribution in [0.5, 0.6) is 0 Å². The molecule has 1 fully saturated rings. The SMILES string of the molecule is O=C1CC(NCC(F)(F)C(=O)O)CN1. The first-order valence-corrected chi connectivity index (χ1v) is 4.03. The molecule has 0 aromatic carbocycles. The number of carbonyl (C=O) groups excluding carboxylic acids is 1. The summed E-state index contributed by atoms with van der Waals surface area (Å²) in [4.78, 5) is 20.7. The number of rotatable bonds is 4. The minimum atomic E-state index is -3.79. The Labute approximate surface area is 78.5 Å². The number of carboxylic acids is 1. The van der Waals surface area contributed by atoms with Crippen LogP contribution >= 0.6 is 0 Å². The van der Waals surface area contributed by atoms with Crippen LogP contribution in [0.3, 0.4) is 0 Å². The van der Waals surface area contributed by atoms with Gasteiger partial charge in [-0.25, -0.2) is 4.79 Å². The Morgan fingerprint density at radius 2 is 2.36 bits per heavy atom. The summed E-state index contributed by atoms with van der Waals surface area (Å²) in [6.45, 7) is -0.698. The van der Waals surface area contributed by atoms with Crippen molar-refractivity contribution in [3.05, 3.63) is 0 Å². The molecule has 0 aliphatic carbocycles. The Balaban J connectivity index is 2.33. The largest absolute Gasteiger partial charge is 0.477 e. The molecule has 1 saturated heterocycles. The van der Waals surface area contributed by atoms with Crippen LogP contribution in [0.15, 0.2) is 0 Å². The van der Waals surface area contributed by atoms with E-state index in [1.807, 2.05) is 0 Å². The molecule has 0 bridgehead atoms. The molecule has 0 spiro atoms. The molecular weight excluding hydrogens is 198 g/mol. The van der Waals surface area contributed by atoms with Gasteiger partial charge >= 0.3 is 11.9 Å². The van der Waals surface area contributed by atoms with Crippen LogP contribution in [-0.4, -0.2) is 42.0 Å². The van der Waals surface area contributed by atoms with E-state index in [1.165, 1.54) is 0 Å². The van der Waals surface area contributed by atoms with Gasteiger partial charge in [0.1, 0.15) is 0 Å². The smallest absolute Gasteiger partial charge is 0.375 e. The number of carboxylic acid groups (broad SMARTS) is 1. The summed E-state index contributed by atoms with van der Waals surface area (Å²) < 4.78 is 25.1. The van der Waals surface area contributed by atoms with E-state index in [9.17, 15) is 18.4 Å².